The number of amides is 2. The molecule has 2 unspecified atom stereocenters. The maximum Gasteiger partial charge on any atom is 0.476 e. The molecular formula is C22H25N2O7P. The summed E-state index contributed by atoms with van der Waals surface area (Å²) in [4.78, 5) is 27.4. The van der Waals surface area contributed by atoms with Gasteiger partial charge in [-0.3, -0.25) is 23.2 Å². The molecule has 2 aromatic rings. The monoisotopic (exact) mass is 460 g/mol. The average Bonchev–Trinajstić information content (AvgIpc) is 3.21. The van der Waals surface area contributed by atoms with Gasteiger partial charge in [-0.15, -0.1) is 0 Å². The van der Waals surface area contributed by atoms with Crippen molar-refractivity contribution in [2.24, 2.45) is 0 Å². The minimum atomic E-state index is -4.30. The molecule has 0 spiro atoms. The van der Waals surface area contributed by atoms with Crippen LogP contribution < -0.4 is 10.6 Å². The normalized spacial score (nSPS) is 24.1. The van der Waals surface area contributed by atoms with Gasteiger partial charge in [-0.25, -0.2) is 4.57 Å². The highest BCUT2D eigenvalue weighted by molar-refractivity contribution is 7.48. The van der Waals surface area contributed by atoms with E-state index in [1.165, 1.54) is 0 Å². The number of para-hydroxylation sites is 2. The van der Waals surface area contributed by atoms with E-state index in [2.05, 4.69) is 10.6 Å². The third-order valence-electron chi connectivity index (χ3n) is 5.43. The Labute approximate surface area is 186 Å². The lowest BCUT2D eigenvalue weighted by Crippen LogP contribution is -2.60. The van der Waals surface area contributed by atoms with Gasteiger partial charge in [-0.2, -0.15) is 0 Å². The smallest absolute Gasteiger partial charge is 0.357 e. The molecule has 0 fully saturated rings. The summed E-state index contributed by atoms with van der Waals surface area (Å²) >= 11 is 0. The summed E-state index contributed by atoms with van der Waals surface area (Å²) in [5.74, 6) is -1.33. The number of rotatable bonds is 9. The molecule has 2 amide bonds. The number of phosphoric acid groups is 1. The maximum absolute atomic E-state index is 13.7. The Balaban J connectivity index is 2.06. The molecule has 32 heavy (non-hydrogen) atoms. The van der Waals surface area contributed by atoms with E-state index in [4.69, 9.17) is 18.3 Å². The van der Waals surface area contributed by atoms with Crippen molar-refractivity contribution >= 4 is 31.0 Å². The number of hydrogen-bond acceptors (Lipinski definition) is 7. The van der Waals surface area contributed by atoms with Crippen molar-refractivity contribution in [1.29, 1.82) is 0 Å². The molecule has 9 nitrogen and oxygen atoms in total. The van der Waals surface area contributed by atoms with Crippen molar-refractivity contribution in [3.8, 4) is 0 Å². The number of fused-ring (bicyclic) bond motifs is 2. The highest BCUT2D eigenvalue weighted by Gasteiger charge is 2.73. The van der Waals surface area contributed by atoms with Crippen molar-refractivity contribution in [2.45, 2.75) is 32.0 Å². The van der Waals surface area contributed by atoms with Crippen LogP contribution in [-0.2, 0) is 43.7 Å². The molecule has 2 heterocycles. The molecule has 0 radical (unpaired) electrons. The predicted octanol–water partition coefficient (Wildman–Crippen LogP) is 3.92. The lowest BCUT2D eigenvalue weighted by Gasteiger charge is -2.42. The van der Waals surface area contributed by atoms with Gasteiger partial charge in [0.05, 0.1) is 13.2 Å². The molecule has 0 aliphatic carbocycles. The largest absolute Gasteiger partial charge is 0.476 e. The van der Waals surface area contributed by atoms with Crippen molar-refractivity contribution < 1.29 is 32.5 Å². The first-order valence-corrected chi connectivity index (χ1v) is 11.9. The van der Waals surface area contributed by atoms with Crippen molar-refractivity contribution in [3.63, 3.8) is 0 Å². The SMILES string of the molecule is CCOC1(C2(OP(=O)(OCC)OCC)C(=O)Nc3ccccc32)C(=O)Nc2ccccc21. The Hall–Kier alpha value is -2.55. The molecular weight excluding hydrogens is 435 g/mol. The summed E-state index contributed by atoms with van der Waals surface area (Å²) in [5.41, 5.74) is -2.61. The minimum Gasteiger partial charge on any atom is -0.357 e. The molecule has 0 saturated heterocycles. The van der Waals surface area contributed by atoms with Crippen molar-refractivity contribution in [3.05, 3.63) is 59.7 Å². The molecule has 2 aliphatic heterocycles. The predicted molar refractivity (Wildman–Crippen MR) is 117 cm³/mol. The third-order valence-corrected chi connectivity index (χ3v) is 7.07. The fraction of sp³-hybridized carbons (Fsp3) is 0.364. The van der Waals surface area contributed by atoms with E-state index in [-0.39, 0.29) is 19.8 Å². The summed E-state index contributed by atoms with van der Waals surface area (Å²) in [7, 11) is -4.30. The third kappa shape index (κ3) is 3.12. The van der Waals surface area contributed by atoms with Crippen LogP contribution in [0.25, 0.3) is 0 Å². The molecule has 0 aromatic heterocycles. The van der Waals surface area contributed by atoms with E-state index in [0.29, 0.717) is 22.5 Å². The number of carbonyl (C=O) groups is 2. The van der Waals surface area contributed by atoms with Crippen LogP contribution >= 0.6 is 7.82 Å². The molecule has 170 valence electrons. The summed E-state index contributed by atoms with van der Waals surface area (Å²) in [6.07, 6.45) is 0. The zero-order valence-electron chi connectivity index (χ0n) is 18.0. The van der Waals surface area contributed by atoms with Crippen molar-refractivity contribution in [2.75, 3.05) is 30.5 Å². The van der Waals surface area contributed by atoms with Crippen LogP contribution in [0.2, 0.25) is 0 Å². The van der Waals surface area contributed by atoms with Gasteiger partial charge in [-0.05, 0) is 32.9 Å². The van der Waals surface area contributed by atoms with Gasteiger partial charge in [0.25, 0.3) is 11.8 Å². The number of benzene rings is 2. The number of phosphoric ester groups is 1. The Bertz CT molecular complexity index is 1100. The van der Waals surface area contributed by atoms with E-state index >= 15 is 0 Å². The molecule has 2 aromatic carbocycles. The summed E-state index contributed by atoms with van der Waals surface area (Å²) in [6, 6.07) is 13.6. The fourth-order valence-electron chi connectivity index (χ4n) is 4.35. The van der Waals surface area contributed by atoms with Crippen molar-refractivity contribution in [1.82, 2.24) is 0 Å². The van der Waals surface area contributed by atoms with Crippen LogP contribution in [0.1, 0.15) is 31.9 Å². The summed E-state index contributed by atoms with van der Waals surface area (Å²) < 4.78 is 36.6. The highest BCUT2D eigenvalue weighted by atomic mass is 31.2. The number of carbonyl (C=O) groups excluding carboxylic acids is 2. The van der Waals surface area contributed by atoms with Gasteiger partial charge in [0.15, 0.2) is 0 Å². The second-order valence-corrected chi connectivity index (χ2v) is 8.76. The Kier molecular flexibility index (Phi) is 5.96. The molecule has 4 rings (SSSR count). The number of hydrogen-bond donors (Lipinski definition) is 2. The van der Waals surface area contributed by atoms with Gasteiger partial charge in [0.2, 0.25) is 11.2 Å². The van der Waals surface area contributed by atoms with E-state index < -0.39 is 30.8 Å². The maximum atomic E-state index is 13.7. The second kappa shape index (κ2) is 8.42. The molecule has 2 N–H and O–H groups in total. The first-order chi connectivity index (χ1) is 15.4. The summed E-state index contributed by atoms with van der Waals surface area (Å²) in [5, 5.41) is 5.53. The van der Waals surface area contributed by atoms with Gasteiger partial charge >= 0.3 is 7.82 Å². The van der Waals surface area contributed by atoms with Gasteiger partial charge in [0.1, 0.15) is 0 Å². The van der Waals surface area contributed by atoms with E-state index in [9.17, 15) is 14.2 Å². The van der Waals surface area contributed by atoms with Gasteiger partial charge in [0, 0.05) is 29.1 Å². The Morgan fingerprint density at radius 3 is 1.72 bits per heavy atom. The van der Waals surface area contributed by atoms with Gasteiger partial charge < -0.3 is 15.4 Å². The first kappa shape index (κ1) is 22.6. The van der Waals surface area contributed by atoms with Crippen LogP contribution in [0.3, 0.4) is 0 Å². The van der Waals surface area contributed by atoms with Crippen LogP contribution in [-0.4, -0.2) is 31.6 Å². The molecule has 10 heteroatoms. The Morgan fingerprint density at radius 2 is 1.22 bits per heavy atom. The lowest BCUT2D eigenvalue weighted by molar-refractivity contribution is -0.192. The highest BCUT2D eigenvalue weighted by Crippen LogP contribution is 2.64. The summed E-state index contributed by atoms with van der Waals surface area (Å²) in [6.45, 7) is 5.02. The minimum absolute atomic E-state index is 0.00103. The lowest BCUT2D eigenvalue weighted by atomic mass is 9.74. The quantitative estimate of drug-likeness (QED) is 0.546. The van der Waals surface area contributed by atoms with E-state index in [0.717, 1.165) is 0 Å². The first-order valence-electron chi connectivity index (χ1n) is 10.4. The molecule has 2 atom stereocenters. The van der Waals surface area contributed by atoms with E-state index in [1.54, 1.807) is 69.3 Å². The van der Waals surface area contributed by atoms with Crippen LogP contribution in [0.5, 0.6) is 0 Å². The zero-order valence-corrected chi connectivity index (χ0v) is 18.9. The standard InChI is InChI=1S/C22H25N2O7P/c1-4-28-21(15-11-7-9-13-17(15)23-19(21)25)22(31-32(27,29-5-2)30-6-3)16-12-8-10-14-18(16)24-20(22)26/h7-14H,4-6H2,1-3H3,(H,23,25)(H,24,26). The topological polar surface area (TPSA) is 112 Å². The number of nitrogens with one attached hydrogen (secondary N) is 2. The molecule has 2 aliphatic rings. The Morgan fingerprint density at radius 1 is 0.750 bits per heavy atom. The van der Waals surface area contributed by atoms with Crippen LogP contribution in [0.4, 0.5) is 11.4 Å². The molecule has 0 bridgehead atoms. The second-order valence-electron chi connectivity index (χ2n) is 7.17. The van der Waals surface area contributed by atoms with E-state index in [1.807, 2.05) is 0 Å². The fourth-order valence-corrected chi connectivity index (χ4v) is 5.81. The van der Waals surface area contributed by atoms with Crippen LogP contribution in [0, 0.1) is 0 Å². The number of ether oxygens (including phenoxy) is 1. The number of anilines is 2. The van der Waals surface area contributed by atoms with Crippen LogP contribution in [0.15, 0.2) is 48.5 Å². The zero-order chi connectivity index (χ0) is 23.0. The molecule has 0 saturated carbocycles. The average molecular weight is 460 g/mol. The van der Waals surface area contributed by atoms with Gasteiger partial charge in [-0.1, -0.05) is 36.4 Å².